The summed E-state index contributed by atoms with van der Waals surface area (Å²) in [6.45, 7) is 5.61. The average molecular weight is 214 g/mol. The molecule has 4 nitrogen and oxygen atoms in total. The van der Waals surface area contributed by atoms with Crippen LogP contribution < -0.4 is 0 Å². The lowest BCUT2D eigenvalue weighted by atomic mass is 9.96. The van der Waals surface area contributed by atoms with Gasteiger partial charge >= 0.3 is 5.97 Å². The maximum absolute atomic E-state index is 10.4. The van der Waals surface area contributed by atoms with Crippen molar-refractivity contribution in [2.75, 3.05) is 19.8 Å². The van der Waals surface area contributed by atoms with Gasteiger partial charge in [0.25, 0.3) is 0 Å². The minimum atomic E-state index is -0.751. The highest BCUT2D eigenvalue weighted by Gasteiger charge is 2.22. The summed E-state index contributed by atoms with van der Waals surface area (Å²) < 4.78 is 10.8. The molecule has 2 unspecified atom stereocenters. The molecule has 1 aliphatic rings. The summed E-state index contributed by atoms with van der Waals surface area (Å²) in [4.78, 5) is 10.4. The van der Waals surface area contributed by atoms with Crippen LogP contribution in [0.3, 0.4) is 0 Å². The molecular weight excluding hydrogens is 196 g/mol. The van der Waals surface area contributed by atoms with E-state index in [1.165, 1.54) is 0 Å². The van der Waals surface area contributed by atoms with Gasteiger partial charge in [-0.25, -0.2) is 0 Å². The second-order valence-corrected chi connectivity index (χ2v) is 3.67. The third kappa shape index (κ3) is 4.44. The van der Waals surface area contributed by atoms with Gasteiger partial charge in [-0.3, -0.25) is 4.79 Å². The molecule has 1 rings (SSSR count). The molecule has 0 saturated carbocycles. The zero-order valence-electron chi connectivity index (χ0n) is 8.85. The van der Waals surface area contributed by atoms with Crippen molar-refractivity contribution < 1.29 is 19.4 Å². The van der Waals surface area contributed by atoms with E-state index < -0.39 is 5.97 Å². The SMILES string of the molecule is C=CC(CCCC(=O)O)C1COCCO1. The van der Waals surface area contributed by atoms with Crippen molar-refractivity contribution in [1.82, 2.24) is 0 Å². The molecule has 0 aromatic carbocycles. The van der Waals surface area contributed by atoms with Gasteiger partial charge in [0.15, 0.2) is 0 Å². The predicted molar refractivity (Wildman–Crippen MR) is 55.7 cm³/mol. The molecule has 1 fully saturated rings. The molecule has 15 heavy (non-hydrogen) atoms. The van der Waals surface area contributed by atoms with E-state index in [-0.39, 0.29) is 18.4 Å². The Hall–Kier alpha value is -0.870. The summed E-state index contributed by atoms with van der Waals surface area (Å²) in [5, 5.41) is 8.53. The summed E-state index contributed by atoms with van der Waals surface area (Å²) >= 11 is 0. The van der Waals surface area contributed by atoms with Gasteiger partial charge in [-0.05, 0) is 12.8 Å². The van der Waals surface area contributed by atoms with E-state index in [2.05, 4.69) is 6.58 Å². The number of carboxylic acids is 1. The Kier molecular flexibility index (Phi) is 5.36. The lowest BCUT2D eigenvalue weighted by Gasteiger charge is -2.28. The average Bonchev–Trinajstić information content (AvgIpc) is 2.25. The molecular formula is C11H18O4. The number of ether oxygens (including phenoxy) is 2. The maximum atomic E-state index is 10.4. The number of carboxylic acid groups (broad SMARTS) is 1. The highest BCUT2D eigenvalue weighted by molar-refractivity contribution is 5.66. The molecule has 0 aliphatic carbocycles. The van der Waals surface area contributed by atoms with E-state index >= 15 is 0 Å². The Morgan fingerprint density at radius 2 is 2.40 bits per heavy atom. The highest BCUT2D eigenvalue weighted by atomic mass is 16.6. The fourth-order valence-corrected chi connectivity index (χ4v) is 1.70. The van der Waals surface area contributed by atoms with E-state index in [4.69, 9.17) is 14.6 Å². The monoisotopic (exact) mass is 214 g/mol. The number of hydrogen-bond acceptors (Lipinski definition) is 3. The summed E-state index contributed by atoms with van der Waals surface area (Å²) in [5.74, 6) is -0.553. The molecule has 0 aromatic heterocycles. The van der Waals surface area contributed by atoms with Crippen LogP contribution in [0.25, 0.3) is 0 Å². The van der Waals surface area contributed by atoms with E-state index in [0.717, 1.165) is 6.42 Å². The Bertz CT molecular complexity index is 209. The maximum Gasteiger partial charge on any atom is 0.303 e. The van der Waals surface area contributed by atoms with Gasteiger partial charge in [0.1, 0.15) is 0 Å². The van der Waals surface area contributed by atoms with Gasteiger partial charge in [-0.15, -0.1) is 6.58 Å². The summed E-state index contributed by atoms with van der Waals surface area (Å²) in [5.41, 5.74) is 0. The quantitative estimate of drug-likeness (QED) is 0.680. The van der Waals surface area contributed by atoms with Gasteiger partial charge in [-0.2, -0.15) is 0 Å². The minimum Gasteiger partial charge on any atom is -0.481 e. The molecule has 1 heterocycles. The van der Waals surface area contributed by atoms with Crippen molar-refractivity contribution in [2.24, 2.45) is 5.92 Å². The first-order valence-electron chi connectivity index (χ1n) is 5.27. The molecule has 0 radical (unpaired) electrons. The normalized spacial score (nSPS) is 23.3. The fraction of sp³-hybridized carbons (Fsp3) is 0.727. The van der Waals surface area contributed by atoms with Crippen LogP contribution in [0.15, 0.2) is 12.7 Å². The molecule has 4 heteroatoms. The van der Waals surface area contributed by atoms with Crippen LogP contribution in [0.1, 0.15) is 19.3 Å². The van der Waals surface area contributed by atoms with Crippen LogP contribution in [0.4, 0.5) is 0 Å². The highest BCUT2D eigenvalue weighted by Crippen LogP contribution is 2.19. The molecule has 2 atom stereocenters. The predicted octanol–water partition coefficient (Wildman–Crippen LogP) is 1.46. The summed E-state index contributed by atoms with van der Waals surface area (Å²) in [6, 6.07) is 0. The van der Waals surface area contributed by atoms with Crippen molar-refractivity contribution >= 4 is 5.97 Å². The first-order valence-corrected chi connectivity index (χ1v) is 5.27. The Morgan fingerprint density at radius 3 is 2.93 bits per heavy atom. The number of rotatable bonds is 6. The Balaban J connectivity index is 2.27. The van der Waals surface area contributed by atoms with E-state index in [0.29, 0.717) is 26.2 Å². The van der Waals surface area contributed by atoms with Crippen LogP contribution in [0, 0.1) is 5.92 Å². The fourth-order valence-electron chi connectivity index (χ4n) is 1.70. The Morgan fingerprint density at radius 1 is 1.60 bits per heavy atom. The molecule has 0 aromatic rings. The lowest BCUT2D eigenvalue weighted by Crippen LogP contribution is -2.34. The van der Waals surface area contributed by atoms with E-state index in [1.54, 1.807) is 0 Å². The number of hydrogen-bond donors (Lipinski definition) is 1. The van der Waals surface area contributed by atoms with Gasteiger partial charge in [-0.1, -0.05) is 6.08 Å². The van der Waals surface area contributed by atoms with Crippen molar-refractivity contribution in [3.63, 3.8) is 0 Å². The number of carbonyl (C=O) groups is 1. The third-order valence-corrected chi connectivity index (χ3v) is 2.55. The molecule has 1 saturated heterocycles. The van der Waals surface area contributed by atoms with Crippen LogP contribution in [0.5, 0.6) is 0 Å². The second kappa shape index (κ2) is 6.58. The van der Waals surface area contributed by atoms with Gasteiger partial charge < -0.3 is 14.6 Å². The van der Waals surface area contributed by atoms with Crippen molar-refractivity contribution in [3.8, 4) is 0 Å². The zero-order chi connectivity index (χ0) is 11.1. The van der Waals surface area contributed by atoms with Crippen LogP contribution in [-0.4, -0.2) is 37.0 Å². The molecule has 0 spiro atoms. The van der Waals surface area contributed by atoms with Crippen LogP contribution >= 0.6 is 0 Å². The molecule has 86 valence electrons. The van der Waals surface area contributed by atoms with Crippen molar-refractivity contribution in [1.29, 1.82) is 0 Å². The van der Waals surface area contributed by atoms with Crippen molar-refractivity contribution in [2.45, 2.75) is 25.4 Å². The van der Waals surface area contributed by atoms with Crippen molar-refractivity contribution in [3.05, 3.63) is 12.7 Å². The van der Waals surface area contributed by atoms with E-state index in [9.17, 15) is 4.79 Å². The Labute approximate surface area is 89.9 Å². The number of aliphatic carboxylic acids is 1. The smallest absolute Gasteiger partial charge is 0.303 e. The van der Waals surface area contributed by atoms with E-state index in [1.807, 2.05) is 6.08 Å². The standard InChI is InChI=1S/C11H18O4/c1-2-9(4-3-5-11(12)13)10-8-14-6-7-15-10/h2,9-10H,1,3-8H2,(H,12,13). The molecule has 0 bridgehead atoms. The van der Waals surface area contributed by atoms with Crippen LogP contribution in [-0.2, 0) is 14.3 Å². The minimum absolute atomic E-state index is 0.0463. The van der Waals surface area contributed by atoms with Crippen LogP contribution in [0.2, 0.25) is 0 Å². The van der Waals surface area contributed by atoms with Gasteiger partial charge in [0, 0.05) is 12.3 Å². The molecule has 1 N–H and O–H groups in total. The second-order valence-electron chi connectivity index (χ2n) is 3.67. The molecule has 1 aliphatic heterocycles. The lowest BCUT2D eigenvalue weighted by molar-refractivity contribution is -0.137. The van der Waals surface area contributed by atoms with Gasteiger partial charge in [0.05, 0.1) is 25.9 Å². The first-order chi connectivity index (χ1) is 7.24. The zero-order valence-corrected chi connectivity index (χ0v) is 8.85. The summed E-state index contributed by atoms with van der Waals surface area (Å²) in [7, 11) is 0. The molecule has 0 amide bonds. The third-order valence-electron chi connectivity index (χ3n) is 2.55. The first kappa shape index (κ1) is 12.2. The topological polar surface area (TPSA) is 55.8 Å². The largest absolute Gasteiger partial charge is 0.481 e. The van der Waals surface area contributed by atoms with Gasteiger partial charge in [0.2, 0.25) is 0 Å². The summed E-state index contributed by atoms with van der Waals surface area (Å²) in [6.07, 6.45) is 3.54.